The van der Waals surface area contributed by atoms with Gasteiger partial charge in [0.25, 0.3) is 0 Å². The molecule has 1 aromatic heterocycles. The van der Waals surface area contributed by atoms with Crippen LogP contribution < -0.4 is 10.6 Å². The van der Waals surface area contributed by atoms with Gasteiger partial charge in [-0.15, -0.1) is 0 Å². The van der Waals surface area contributed by atoms with Gasteiger partial charge in [-0.25, -0.2) is 4.39 Å². The Labute approximate surface area is 158 Å². The highest BCUT2D eigenvalue weighted by Gasteiger charge is 2.29. The number of furan rings is 1. The van der Waals surface area contributed by atoms with Gasteiger partial charge in [0.1, 0.15) is 11.6 Å². The fraction of sp³-hybridized carbons (Fsp3) is 0.429. The van der Waals surface area contributed by atoms with Crippen LogP contribution in [0.3, 0.4) is 0 Å². The molecule has 3 rings (SSSR count). The molecule has 0 saturated heterocycles. The van der Waals surface area contributed by atoms with Gasteiger partial charge >= 0.3 is 0 Å². The predicted octanol–water partition coefficient (Wildman–Crippen LogP) is 3.20. The van der Waals surface area contributed by atoms with E-state index in [4.69, 9.17) is 4.42 Å². The molecule has 2 amide bonds. The Kier molecular flexibility index (Phi) is 6.63. The van der Waals surface area contributed by atoms with Gasteiger partial charge in [0.2, 0.25) is 11.8 Å². The van der Waals surface area contributed by atoms with Crippen molar-refractivity contribution in [2.45, 2.75) is 38.6 Å². The number of hydrogen-bond acceptors (Lipinski definition) is 3. The lowest BCUT2D eigenvalue weighted by molar-refractivity contribution is -0.130. The third-order valence-corrected chi connectivity index (χ3v) is 5.11. The Balaban J connectivity index is 1.34. The van der Waals surface area contributed by atoms with Crippen LogP contribution in [0.4, 0.5) is 4.39 Å². The monoisotopic (exact) mass is 372 g/mol. The molecule has 1 heterocycles. The number of benzene rings is 1. The summed E-state index contributed by atoms with van der Waals surface area (Å²) >= 11 is 0. The molecule has 0 unspecified atom stereocenters. The molecule has 0 bridgehead atoms. The third-order valence-electron chi connectivity index (χ3n) is 5.11. The van der Waals surface area contributed by atoms with Gasteiger partial charge in [-0.05, 0) is 61.9 Å². The van der Waals surface area contributed by atoms with Gasteiger partial charge in [-0.3, -0.25) is 9.59 Å². The number of carbonyl (C=O) groups excluding carboxylic acids is 2. The van der Waals surface area contributed by atoms with Gasteiger partial charge in [0.15, 0.2) is 0 Å². The predicted molar refractivity (Wildman–Crippen MR) is 99.1 cm³/mol. The van der Waals surface area contributed by atoms with Gasteiger partial charge in [-0.2, -0.15) is 0 Å². The number of halogens is 1. The van der Waals surface area contributed by atoms with E-state index in [1.807, 2.05) is 6.07 Å². The summed E-state index contributed by atoms with van der Waals surface area (Å²) in [4.78, 5) is 24.6. The highest BCUT2D eigenvalue weighted by molar-refractivity contribution is 5.81. The minimum atomic E-state index is -0.257. The van der Waals surface area contributed by atoms with Crippen molar-refractivity contribution in [3.05, 3.63) is 59.8 Å². The van der Waals surface area contributed by atoms with Crippen LogP contribution in [-0.2, 0) is 22.6 Å². The largest absolute Gasteiger partial charge is 0.467 e. The molecule has 6 heteroatoms. The molecule has 1 saturated carbocycles. The highest BCUT2D eigenvalue weighted by atomic mass is 19.1. The summed E-state index contributed by atoms with van der Waals surface area (Å²) in [6.07, 6.45) is 5.15. The van der Waals surface area contributed by atoms with E-state index in [-0.39, 0.29) is 29.5 Å². The van der Waals surface area contributed by atoms with Crippen molar-refractivity contribution in [3.63, 3.8) is 0 Å². The summed E-state index contributed by atoms with van der Waals surface area (Å²) in [6, 6.07) is 9.93. The lowest BCUT2D eigenvalue weighted by Crippen LogP contribution is -2.37. The van der Waals surface area contributed by atoms with E-state index in [1.165, 1.54) is 12.1 Å². The Hall–Kier alpha value is -2.63. The first kappa shape index (κ1) is 19.1. The van der Waals surface area contributed by atoms with Gasteiger partial charge in [-0.1, -0.05) is 12.1 Å². The third kappa shape index (κ3) is 5.67. The number of amides is 2. The topological polar surface area (TPSA) is 71.3 Å². The van der Waals surface area contributed by atoms with Crippen LogP contribution in [0.1, 0.15) is 37.0 Å². The van der Waals surface area contributed by atoms with Crippen LogP contribution in [0.25, 0.3) is 0 Å². The van der Waals surface area contributed by atoms with Crippen LogP contribution in [0.15, 0.2) is 47.1 Å². The first-order chi connectivity index (χ1) is 13.1. The van der Waals surface area contributed by atoms with E-state index >= 15 is 0 Å². The molecular weight excluding hydrogens is 347 g/mol. The molecule has 27 heavy (non-hydrogen) atoms. The van der Waals surface area contributed by atoms with Gasteiger partial charge < -0.3 is 15.1 Å². The smallest absolute Gasteiger partial charge is 0.223 e. The Morgan fingerprint density at radius 3 is 2.19 bits per heavy atom. The summed E-state index contributed by atoms with van der Waals surface area (Å²) in [5.41, 5.74) is 0.994. The maximum atomic E-state index is 12.9. The van der Waals surface area contributed by atoms with Gasteiger partial charge in [0, 0.05) is 18.4 Å². The van der Waals surface area contributed by atoms with Crippen molar-refractivity contribution in [2.24, 2.45) is 11.8 Å². The van der Waals surface area contributed by atoms with Crippen LogP contribution in [0.2, 0.25) is 0 Å². The molecule has 2 aromatic rings. The van der Waals surface area contributed by atoms with Crippen molar-refractivity contribution in [2.75, 3.05) is 6.54 Å². The summed E-state index contributed by atoms with van der Waals surface area (Å²) in [5.74, 6) is 0.481. The number of hydrogen-bond donors (Lipinski definition) is 2. The summed E-state index contributed by atoms with van der Waals surface area (Å²) in [5, 5.41) is 5.85. The standard InChI is InChI=1S/C21H25FN2O3/c22-18-9-3-15(4-10-18)11-12-23-20(25)16-5-7-17(8-6-16)21(26)24-14-19-2-1-13-27-19/h1-4,9-10,13,16-17H,5-8,11-12,14H2,(H,23,25)(H,24,26). The Morgan fingerprint density at radius 2 is 1.59 bits per heavy atom. The maximum absolute atomic E-state index is 12.9. The fourth-order valence-electron chi connectivity index (χ4n) is 3.47. The van der Waals surface area contributed by atoms with Crippen LogP contribution >= 0.6 is 0 Å². The van der Waals surface area contributed by atoms with Crippen LogP contribution in [0.5, 0.6) is 0 Å². The van der Waals surface area contributed by atoms with E-state index in [9.17, 15) is 14.0 Å². The van der Waals surface area contributed by atoms with Crippen molar-refractivity contribution in [3.8, 4) is 0 Å². The average molecular weight is 372 g/mol. The zero-order valence-electron chi connectivity index (χ0n) is 15.2. The van der Waals surface area contributed by atoms with Crippen molar-refractivity contribution in [1.29, 1.82) is 0 Å². The second-order valence-electron chi connectivity index (χ2n) is 7.01. The second-order valence-corrected chi connectivity index (χ2v) is 7.01. The minimum Gasteiger partial charge on any atom is -0.467 e. The summed E-state index contributed by atoms with van der Waals surface area (Å²) < 4.78 is 18.1. The molecule has 0 atom stereocenters. The van der Waals surface area contributed by atoms with Gasteiger partial charge in [0.05, 0.1) is 12.8 Å². The zero-order chi connectivity index (χ0) is 19.1. The molecule has 5 nitrogen and oxygen atoms in total. The molecule has 1 aromatic carbocycles. The average Bonchev–Trinajstić information content (AvgIpc) is 3.21. The number of rotatable bonds is 7. The Bertz CT molecular complexity index is 735. The van der Waals surface area contributed by atoms with E-state index in [0.717, 1.165) is 37.0 Å². The molecule has 0 radical (unpaired) electrons. The first-order valence-corrected chi connectivity index (χ1v) is 9.44. The Morgan fingerprint density at radius 1 is 0.963 bits per heavy atom. The van der Waals surface area contributed by atoms with Crippen molar-refractivity contribution < 1.29 is 18.4 Å². The maximum Gasteiger partial charge on any atom is 0.223 e. The normalized spacial score (nSPS) is 19.4. The molecular formula is C21H25FN2O3. The highest BCUT2D eigenvalue weighted by Crippen LogP contribution is 2.29. The minimum absolute atomic E-state index is 0.0292. The van der Waals surface area contributed by atoms with E-state index in [0.29, 0.717) is 19.5 Å². The molecule has 0 aliphatic heterocycles. The second kappa shape index (κ2) is 9.35. The molecule has 1 fully saturated rings. The van der Waals surface area contributed by atoms with E-state index < -0.39 is 0 Å². The van der Waals surface area contributed by atoms with Crippen molar-refractivity contribution >= 4 is 11.8 Å². The summed E-state index contributed by atoms with van der Waals surface area (Å²) in [7, 11) is 0. The number of nitrogens with one attached hydrogen (secondary N) is 2. The summed E-state index contributed by atoms with van der Waals surface area (Å²) in [6.45, 7) is 0.934. The van der Waals surface area contributed by atoms with Crippen LogP contribution in [0, 0.1) is 17.7 Å². The van der Waals surface area contributed by atoms with E-state index in [2.05, 4.69) is 10.6 Å². The molecule has 0 spiro atoms. The zero-order valence-corrected chi connectivity index (χ0v) is 15.2. The van der Waals surface area contributed by atoms with Crippen molar-refractivity contribution in [1.82, 2.24) is 10.6 Å². The molecule has 2 N–H and O–H groups in total. The number of carbonyl (C=O) groups is 2. The van der Waals surface area contributed by atoms with E-state index in [1.54, 1.807) is 24.5 Å². The molecule has 1 aliphatic rings. The lowest BCUT2D eigenvalue weighted by atomic mass is 9.81. The lowest BCUT2D eigenvalue weighted by Gasteiger charge is -2.27. The molecule has 1 aliphatic carbocycles. The quantitative estimate of drug-likeness (QED) is 0.784. The SMILES string of the molecule is O=C(NCCc1ccc(F)cc1)C1CCC(C(=O)NCc2ccco2)CC1. The molecule has 144 valence electrons. The fourth-order valence-corrected chi connectivity index (χ4v) is 3.47. The first-order valence-electron chi connectivity index (χ1n) is 9.44. The van der Waals surface area contributed by atoms with Crippen LogP contribution in [-0.4, -0.2) is 18.4 Å².